The number of carbonyl (C=O) groups excluding carboxylic acids is 1. The number of nitrogens with one attached hydrogen (secondary N) is 2. The number of hydrogen-bond acceptors (Lipinski definition) is 3. The maximum atomic E-state index is 11.6. The van der Waals surface area contributed by atoms with Gasteiger partial charge in [-0.3, -0.25) is 9.79 Å². The first-order valence-corrected chi connectivity index (χ1v) is 10.6. The lowest BCUT2D eigenvalue weighted by molar-refractivity contribution is -0.122. The van der Waals surface area contributed by atoms with Crippen LogP contribution in [0.5, 0.6) is 5.75 Å². The van der Waals surface area contributed by atoms with Crippen molar-refractivity contribution in [1.29, 1.82) is 0 Å². The lowest BCUT2D eigenvalue weighted by Gasteiger charge is -2.33. The van der Waals surface area contributed by atoms with E-state index in [9.17, 15) is 4.79 Å². The van der Waals surface area contributed by atoms with Gasteiger partial charge in [-0.1, -0.05) is 31.4 Å². The Bertz CT molecular complexity index is 689. The number of amides is 1. The Morgan fingerprint density at radius 1 is 1.21 bits per heavy atom. The molecule has 0 bridgehead atoms. The summed E-state index contributed by atoms with van der Waals surface area (Å²) in [4.78, 5) is 18.5. The van der Waals surface area contributed by atoms with Crippen LogP contribution in [-0.2, 0) is 11.3 Å². The largest absolute Gasteiger partial charge is 0.484 e. The molecule has 1 aromatic carbocycles. The van der Waals surface area contributed by atoms with Crippen molar-refractivity contribution in [3.8, 4) is 5.75 Å². The van der Waals surface area contributed by atoms with Gasteiger partial charge in [-0.05, 0) is 49.3 Å². The summed E-state index contributed by atoms with van der Waals surface area (Å²) < 4.78 is 5.59. The minimum atomic E-state index is -0.0999. The zero-order valence-electron chi connectivity index (χ0n) is 17.7. The summed E-state index contributed by atoms with van der Waals surface area (Å²) in [6, 6.07) is 7.88. The highest BCUT2D eigenvalue weighted by Gasteiger charge is 2.39. The molecule has 0 atom stereocenters. The molecule has 1 saturated heterocycles. The van der Waals surface area contributed by atoms with Crippen molar-refractivity contribution < 1.29 is 9.53 Å². The van der Waals surface area contributed by atoms with E-state index in [1.54, 1.807) is 0 Å². The molecule has 2 N–H and O–H groups in total. The van der Waals surface area contributed by atoms with Crippen molar-refractivity contribution in [2.75, 3.05) is 33.3 Å². The average Bonchev–Trinajstić information content (AvgIpc) is 3.11. The highest BCUT2D eigenvalue weighted by molar-refractivity contribution is 14.0. The summed E-state index contributed by atoms with van der Waals surface area (Å²) >= 11 is 0. The minimum absolute atomic E-state index is 0. The summed E-state index contributed by atoms with van der Waals surface area (Å²) in [6.07, 6.45) is 8.17. The number of hydrogen-bond donors (Lipinski definition) is 2. The van der Waals surface area contributed by atoms with Crippen molar-refractivity contribution >= 4 is 35.8 Å². The van der Waals surface area contributed by atoms with Crippen LogP contribution < -0.4 is 15.4 Å². The van der Waals surface area contributed by atoms with Gasteiger partial charge < -0.3 is 20.3 Å². The number of carbonyl (C=O) groups is 1. The van der Waals surface area contributed by atoms with Crippen LogP contribution >= 0.6 is 24.0 Å². The minimum Gasteiger partial charge on any atom is -0.484 e. The third-order valence-electron chi connectivity index (χ3n) is 5.96. The molecule has 1 aromatic rings. The monoisotopic (exact) mass is 514 g/mol. The van der Waals surface area contributed by atoms with E-state index in [2.05, 4.69) is 26.6 Å². The molecule has 7 heteroatoms. The number of ether oxygens (including phenoxy) is 1. The van der Waals surface area contributed by atoms with Crippen LogP contribution in [0.25, 0.3) is 0 Å². The number of rotatable bonds is 6. The molecule has 29 heavy (non-hydrogen) atoms. The molecular weight excluding hydrogens is 479 g/mol. The van der Waals surface area contributed by atoms with Crippen LogP contribution in [0, 0.1) is 5.41 Å². The molecule has 0 radical (unpaired) electrons. The zero-order valence-corrected chi connectivity index (χ0v) is 20.0. The maximum absolute atomic E-state index is 11.6. The van der Waals surface area contributed by atoms with Crippen LogP contribution in [-0.4, -0.2) is 50.1 Å². The molecule has 1 aliphatic carbocycles. The first-order valence-electron chi connectivity index (χ1n) is 10.6. The van der Waals surface area contributed by atoms with E-state index in [1.165, 1.54) is 38.5 Å². The normalized spacial score (nSPS) is 18.3. The van der Waals surface area contributed by atoms with Crippen LogP contribution in [0.4, 0.5) is 0 Å². The first kappa shape index (κ1) is 23.8. The Morgan fingerprint density at radius 3 is 2.72 bits per heavy atom. The SMILES string of the molecule is CCNC(=O)COc1cccc(CNC(=NC)N2CCC3(CCCCC3)C2)c1.I. The Balaban J connectivity index is 0.00000300. The molecule has 2 aliphatic rings. The molecule has 0 unspecified atom stereocenters. The Kier molecular flexibility index (Phi) is 9.52. The zero-order chi connectivity index (χ0) is 19.8. The third kappa shape index (κ3) is 6.76. The van der Waals surface area contributed by atoms with Crippen LogP contribution in [0.1, 0.15) is 51.0 Å². The fraction of sp³-hybridized carbons (Fsp3) is 0.636. The summed E-state index contributed by atoms with van der Waals surface area (Å²) in [5.74, 6) is 1.59. The average molecular weight is 514 g/mol. The predicted molar refractivity (Wildman–Crippen MR) is 128 cm³/mol. The second-order valence-corrected chi connectivity index (χ2v) is 8.02. The maximum Gasteiger partial charge on any atom is 0.257 e. The van der Waals surface area contributed by atoms with Crippen molar-refractivity contribution in [3.05, 3.63) is 29.8 Å². The van der Waals surface area contributed by atoms with Gasteiger partial charge in [0.25, 0.3) is 5.91 Å². The van der Waals surface area contributed by atoms with Gasteiger partial charge in [-0.2, -0.15) is 0 Å². The summed E-state index contributed by atoms with van der Waals surface area (Å²) in [6.45, 7) is 5.46. The smallest absolute Gasteiger partial charge is 0.257 e. The van der Waals surface area contributed by atoms with E-state index in [-0.39, 0.29) is 36.5 Å². The topological polar surface area (TPSA) is 66.0 Å². The van der Waals surface area contributed by atoms with Gasteiger partial charge in [0.1, 0.15) is 5.75 Å². The third-order valence-corrected chi connectivity index (χ3v) is 5.96. The Hall–Kier alpha value is -1.51. The predicted octanol–water partition coefficient (Wildman–Crippen LogP) is 3.55. The number of benzene rings is 1. The molecule has 162 valence electrons. The first-order chi connectivity index (χ1) is 13.6. The molecule has 1 aliphatic heterocycles. The quantitative estimate of drug-likeness (QED) is 0.346. The van der Waals surface area contributed by atoms with Crippen molar-refractivity contribution in [3.63, 3.8) is 0 Å². The van der Waals surface area contributed by atoms with E-state index in [0.717, 1.165) is 24.6 Å². The second kappa shape index (κ2) is 11.6. The molecule has 2 fully saturated rings. The molecule has 1 heterocycles. The van der Waals surface area contributed by atoms with Crippen molar-refractivity contribution in [1.82, 2.24) is 15.5 Å². The van der Waals surface area contributed by atoms with E-state index in [0.29, 0.717) is 24.3 Å². The fourth-order valence-corrected chi connectivity index (χ4v) is 4.48. The number of nitrogens with zero attached hydrogens (tertiary/aromatic N) is 2. The summed E-state index contributed by atoms with van der Waals surface area (Å²) in [5.41, 5.74) is 1.63. The molecular formula is C22H35IN4O2. The van der Waals surface area contributed by atoms with Gasteiger partial charge >= 0.3 is 0 Å². The molecule has 0 aromatic heterocycles. The van der Waals surface area contributed by atoms with Crippen LogP contribution in [0.15, 0.2) is 29.3 Å². The molecule has 1 spiro atoms. The van der Waals surface area contributed by atoms with Crippen LogP contribution in [0.3, 0.4) is 0 Å². The van der Waals surface area contributed by atoms with E-state index in [1.807, 2.05) is 32.2 Å². The van der Waals surface area contributed by atoms with E-state index >= 15 is 0 Å². The van der Waals surface area contributed by atoms with Gasteiger partial charge in [0.15, 0.2) is 12.6 Å². The van der Waals surface area contributed by atoms with E-state index < -0.39 is 0 Å². The molecule has 6 nitrogen and oxygen atoms in total. The molecule has 3 rings (SSSR count). The Morgan fingerprint density at radius 2 is 2.00 bits per heavy atom. The highest BCUT2D eigenvalue weighted by atomic mass is 127. The van der Waals surface area contributed by atoms with Crippen molar-refractivity contribution in [2.45, 2.75) is 52.0 Å². The summed E-state index contributed by atoms with van der Waals surface area (Å²) in [7, 11) is 1.86. The van der Waals surface area contributed by atoms with Gasteiger partial charge in [0.2, 0.25) is 0 Å². The number of likely N-dealkylation sites (N-methyl/N-ethyl adjacent to an activating group) is 1. The van der Waals surface area contributed by atoms with Crippen LogP contribution in [0.2, 0.25) is 0 Å². The number of halogens is 1. The van der Waals surface area contributed by atoms with Crippen molar-refractivity contribution in [2.24, 2.45) is 10.4 Å². The highest BCUT2D eigenvalue weighted by Crippen LogP contribution is 2.43. The summed E-state index contributed by atoms with van der Waals surface area (Å²) in [5, 5.41) is 6.24. The fourth-order valence-electron chi connectivity index (χ4n) is 4.48. The van der Waals surface area contributed by atoms with Gasteiger partial charge in [0, 0.05) is 33.2 Å². The molecule has 1 amide bonds. The number of likely N-dealkylation sites (tertiary alicyclic amines) is 1. The van der Waals surface area contributed by atoms with Gasteiger partial charge in [-0.15, -0.1) is 24.0 Å². The number of guanidine groups is 1. The lowest BCUT2D eigenvalue weighted by Crippen LogP contribution is -2.41. The van der Waals surface area contributed by atoms with E-state index in [4.69, 9.17) is 4.74 Å². The second-order valence-electron chi connectivity index (χ2n) is 8.02. The van der Waals surface area contributed by atoms with Gasteiger partial charge in [-0.25, -0.2) is 0 Å². The molecule has 1 saturated carbocycles. The van der Waals surface area contributed by atoms with Gasteiger partial charge in [0.05, 0.1) is 0 Å². The lowest BCUT2D eigenvalue weighted by atomic mass is 9.73. The number of aliphatic imine (C=N–C) groups is 1. The Labute approximate surface area is 191 Å². The standard InChI is InChI=1S/C22H34N4O2.HI/c1-3-24-20(27)16-28-19-9-7-8-18(14-19)15-25-21(23-2)26-13-12-22(17-26)10-5-4-6-11-22;/h7-9,14H,3-6,10-13,15-17H2,1-2H3,(H,23,25)(H,24,27);1H.